The van der Waals surface area contributed by atoms with Gasteiger partial charge in [-0.05, 0) is 51.2 Å². The van der Waals surface area contributed by atoms with Crippen LogP contribution in [-0.4, -0.2) is 28.1 Å². The second kappa shape index (κ2) is 8.00. The van der Waals surface area contributed by atoms with E-state index >= 15 is 0 Å². The molecule has 0 radical (unpaired) electrons. The van der Waals surface area contributed by atoms with Crippen molar-refractivity contribution in [2.45, 2.75) is 84.3 Å². The van der Waals surface area contributed by atoms with Gasteiger partial charge in [0.2, 0.25) is 0 Å². The predicted octanol–water partition coefficient (Wildman–Crippen LogP) is 5.45. The molecule has 0 aliphatic carbocycles. The zero-order chi connectivity index (χ0) is 17.7. The van der Waals surface area contributed by atoms with Crippen molar-refractivity contribution in [3.63, 3.8) is 0 Å². The van der Waals surface area contributed by atoms with E-state index < -0.39 is 5.60 Å². The van der Waals surface area contributed by atoms with Crippen molar-refractivity contribution in [1.82, 2.24) is 9.88 Å². The Labute approximate surface area is 146 Å². The van der Waals surface area contributed by atoms with E-state index in [1.165, 1.54) is 24.8 Å². The molecule has 2 heterocycles. The molecule has 2 unspecified atom stereocenters. The molecular formula is C20H32N2O2. The fourth-order valence-corrected chi connectivity index (χ4v) is 3.21. The molecule has 2 atom stereocenters. The SMILES string of the molecule is CCCCCC(C)c1ncccc1C1CCN1C(=O)OC(C)(C)C. The van der Waals surface area contributed by atoms with Gasteiger partial charge in [0.05, 0.1) is 6.04 Å². The smallest absolute Gasteiger partial charge is 0.410 e. The van der Waals surface area contributed by atoms with Crippen LogP contribution >= 0.6 is 0 Å². The molecule has 0 saturated carbocycles. The Balaban J connectivity index is 2.10. The first kappa shape index (κ1) is 18.8. The van der Waals surface area contributed by atoms with Crippen molar-refractivity contribution in [1.29, 1.82) is 0 Å². The third-order valence-electron chi connectivity index (χ3n) is 4.59. The third-order valence-corrected chi connectivity index (χ3v) is 4.59. The molecule has 4 nitrogen and oxygen atoms in total. The summed E-state index contributed by atoms with van der Waals surface area (Å²) in [5.74, 6) is 0.425. The Morgan fingerprint density at radius 1 is 1.42 bits per heavy atom. The quantitative estimate of drug-likeness (QED) is 0.651. The van der Waals surface area contributed by atoms with Gasteiger partial charge in [-0.15, -0.1) is 0 Å². The molecule has 4 heteroatoms. The highest BCUT2D eigenvalue weighted by Gasteiger charge is 2.37. The summed E-state index contributed by atoms with van der Waals surface area (Å²) in [4.78, 5) is 18.9. The van der Waals surface area contributed by atoms with Crippen LogP contribution in [0.3, 0.4) is 0 Å². The van der Waals surface area contributed by atoms with Crippen LogP contribution in [0.4, 0.5) is 4.79 Å². The number of likely N-dealkylation sites (tertiary alicyclic amines) is 1. The van der Waals surface area contributed by atoms with Crippen LogP contribution in [0.1, 0.15) is 89.9 Å². The maximum Gasteiger partial charge on any atom is 0.410 e. The number of carbonyl (C=O) groups is 1. The summed E-state index contributed by atoms with van der Waals surface area (Å²) in [6.07, 6.45) is 7.51. The highest BCUT2D eigenvalue weighted by molar-refractivity contribution is 5.70. The summed E-state index contributed by atoms with van der Waals surface area (Å²) in [5, 5.41) is 0. The second-order valence-electron chi connectivity index (χ2n) is 7.85. The first-order valence-corrected chi connectivity index (χ1v) is 9.28. The minimum Gasteiger partial charge on any atom is -0.444 e. The number of hydrogen-bond acceptors (Lipinski definition) is 3. The number of hydrogen-bond donors (Lipinski definition) is 0. The number of unbranched alkanes of at least 4 members (excludes halogenated alkanes) is 2. The van der Waals surface area contributed by atoms with Crippen LogP contribution in [-0.2, 0) is 4.74 Å². The van der Waals surface area contributed by atoms with Gasteiger partial charge in [0.1, 0.15) is 5.60 Å². The Kier molecular flexibility index (Phi) is 6.25. The van der Waals surface area contributed by atoms with E-state index in [1.54, 1.807) is 0 Å². The fourth-order valence-electron chi connectivity index (χ4n) is 3.21. The highest BCUT2D eigenvalue weighted by Crippen LogP contribution is 2.38. The summed E-state index contributed by atoms with van der Waals surface area (Å²) in [5.41, 5.74) is 1.88. The van der Waals surface area contributed by atoms with Gasteiger partial charge in [-0.2, -0.15) is 0 Å². The van der Waals surface area contributed by atoms with Gasteiger partial charge in [0, 0.05) is 18.4 Å². The van der Waals surface area contributed by atoms with Crippen molar-refractivity contribution in [3.05, 3.63) is 29.6 Å². The lowest BCUT2D eigenvalue weighted by Crippen LogP contribution is -2.47. The van der Waals surface area contributed by atoms with Gasteiger partial charge < -0.3 is 9.64 Å². The molecule has 1 aliphatic rings. The maximum absolute atomic E-state index is 12.4. The van der Waals surface area contributed by atoms with Crippen molar-refractivity contribution < 1.29 is 9.53 Å². The number of nitrogens with zero attached hydrogens (tertiary/aromatic N) is 2. The van der Waals surface area contributed by atoms with E-state index in [9.17, 15) is 4.79 Å². The lowest BCUT2D eigenvalue weighted by molar-refractivity contribution is -0.00601. The fraction of sp³-hybridized carbons (Fsp3) is 0.700. The van der Waals surface area contributed by atoms with E-state index in [0.717, 1.165) is 25.1 Å². The van der Waals surface area contributed by atoms with Gasteiger partial charge >= 0.3 is 6.09 Å². The molecule has 1 aromatic heterocycles. The Bertz CT molecular complexity index is 551. The second-order valence-corrected chi connectivity index (χ2v) is 7.85. The van der Waals surface area contributed by atoms with Gasteiger partial charge in [0.25, 0.3) is 0 Å². The van der Waals surface area contributed by atoms with Gasteiger partial charge in [-0.25, -0.2) is 4.79 Å². The number of amides is 1. The lowest BCUT2D eigenvalue weighted by Gasteiger charge is -2.42. The molecule has 1 aromatic rings. The van der Waals surface area contributed by atoms with Crippen LogP contribution in [0.15, 0.2) is 18.3 Å². The first-order valence-electron chi connectivity index (χ1n) is 9.28. The van der Waals surface area contributed by atoms with Gasteiger partial charge in [0.15, 0.2) is 0 Å². The standard InChI is InChI=1S/C20H32N2O2/c1-6-7-8-10-15(2)18-16(11-9-13-21-18)17-12-14-22(17)19(23)24-20(3,4)5/h9,11,13,15,17H,6-8,10,12,14H2,1-5H3. The summed E-state index contributed by atoms with van der Waals surface area (Å²) in [6.45, 7) is 11.0. The van der Waals surface area contributed by atoms with Crippen LogP contribution in [0.5, 0.6) is 0 Å². The molecule has 0 spiro atoms. The van der Waals surface area contributed by atoms with E-state index in [0.29, 0.717) is 5.92 Å². The number of rotatable bonds is 6. The average molecular weight is 332 g/mol. The number of ether oxygens (including phenoxy) is 1. The van der Waals surface area contributed by atoms with E-state index in [1.807, 2.05) is 37.9 Å². The summed E-state index contributed by atoms with van der Waals surface area (Å²) in [7, 11) is 0. The third kappa shape index (κ3) is 4.71. The van der Waals surface area contributed by atoms with Crippen molar-refractivity contribution in [2.75, 3.05) is 6.54 Å². The van der Waals surface area contributed by atoms with Gasteiger partial charge in [-0.1, -0.05) is 39.2 Å². The average Bonchev–Trinajstić information content (AvgIpc) is 2.44. The molecule has 1 aliphatic heterocycles. The Morgan fingerprint density at radius 2 is 2.17 bits per heavy atom. The lowest BCUT2D eigenvalue weighted by atomic mass is 9.88. The van der Waals surface area contributed by atoms with Crippen LogP contribution in [0.2, 0.25) is 0 Å². The molecule has 0 aromatic carbocycles. The minimum atomic E-state index is -0.456. The summed E-state index contributed by atoms with van der Waals surface area (Å²) < 4.78 is 5.54. The molecular weight excluding hydrogens is 300 g/mol. The summed E-state index contributed by atoms with van der Waals surface area (Å²) >= 11 is 0. The number of carbonyl (C=O) groups excluding carboxylic acids is 1. The maximum atomic E-state index is 12.4. The molecule has 134 valence electrons. The van der Waals surface area contributed by atoms with Gasteiger partial charge in [-0.3, -0.25) is 4.98 Å². The molecule has 0 N–H and O–H groups in total. The molecule has 1 saturated heterocycles. The van der Waals surface area contributed by atoms with Crippen molar-refractivity contribution in [2.24, 2.45) is 0 Å². The van der Waals surface area contributed by atoms with E-state index in [-0.39, 0.29) is 12.1 Å². The number of pyridine rings is 1. The molecule has 0 bridgehead atoms. The van der Waals surface area contributed by atoms with Crippen LogP contribution < -0.4 is 0 Å². The molecule has 1 amide bonds. The Morgan fingerprint density at radius 3 is 2.75 bits per heavy atom. The molecule has 24 heavy (non-hydrogen) atoms. The molecule has 1 fully saturated rings. The molecule has 2 rings (SSSR count). The normalized spacial score (nSPS) is 18.9. The predicted molar refractivity (Wildman–Crippen MR) is 97.1 cm³/mol. The van der Waals surface area contributed by atoms with Crippen LogP contribution in [0, 0.1) is 0 Å². The topological polar surface area (TPSA) is 42.4 Å². The van der Waals surface area contributed by atoms with Crippen molar-refractivity contribution >= 4 is 6.09 Å². The minimum absolute atomic E-state index is 0.108. The largest absolute Gasteiger partial charge is 0.444 e. The highest BCUT2D eigenvalue weighted by atomic mass is 16.6. The number of aromatic nitrogens is 1. The zero-order valence-electron chi connectivity index (χ0n) is 15.8. The van der Waals surface area contributed by atoms with Crippen LogP contribution in [0.25, 0.3) is 0 Å². The Hall–Kier alpha value is -1.58. The van der Waals surface area contributed by atoms with E-state index in [4.69, 9.17) is 4.74 Å². The first-order chi connectivity index (χ1) is 11.3. The van der Waals surface area contributed by atoms with Crippen molar-refractivity contribution in [3.8, 4) is 0 Å². The summed E-state index contributed by atoms with van der Waals surface area (Å²) in [6, 6.07) is 4.21. The monoisotopic (exact) mass is 332 g/mol. The zero-order valence-corrected chi connectivity index (χ0v) is 15.8. The van der Waals surface area contributed by atoms with E-state index in [2.05, 4.69) is 24.9 Å².